The lowest BCUT2D eigenvalue weighted by Gasteiger charge is -2.20. The molecule has 4 rings (SSSR count). The Kier molecular flexibility index (Phi) is 4.15. The van der Waals surface area contributed by atoms with Crippen LogP contribution in [0.4, 0.5) is 10.2 Å². The first kappa shape index (κ1) is 15.5. The van der Waals surface area contributed by atoms with E-state index in [0.717, 1.165) is 0 Å². The number of aryl methyl sites for hydroxylation is 1. The van der Waals surface area contributed by atoms with Crippen LogP contribution in [0.15, 0.2) is 24.8 Å². The highest BCUT2D eigenvalue weighted by molar-refractivity contribution is 5.43. The van der Waals surface area contributed by atoms with Gasteiger partial charge in [0, 0.05) is 25.5 Å². The van der Waals surface area contributed by atoms with Crippen LogP contribution in [0.5, 0.6) is 0 Å². The number of anilines is 1. The summed E-state index contributed by atoms with van der Waals surface area (Å²) in [7, 11) is 0. The molecule has 2 saturated heterocycles. The molecular weight excluding hydrogens is 313 g/mol. The lowest BCUT2D eigenvalue weighted by atomic mass is 10.3. The summed E-state index contributed by atoms with van der Waals surface area (Å²) in [6.45, 7) is 4.07. The molecule has 0 aromatic carbocycles. The first-order valence-corrected chi connectivity index (χ1v) is 8.23. The van der Waals surface area contributed by atoms with Gasteiger partial charge < -0.3 is 14.4 Å². The van der Waals surface area contributed by atoms with Crippen molar-refractivity contribution in [3.8, 4) is 0 Å². The maximum absolute atomic E-state index is 14.5. The summed E-state index contributed by atoms with van der Waals surface area (Å²) < 4.78 is 28.4. The van der Waals surface area contributed by atoms with Crippen LogP contribution in [-0.4, -0.2) is 58.3 Å². The minimum Gasteiger partial charge on any atom is -0.371 e. The number of hydrogen-bond acceptors (Lipinski definition) is 6. The van der Waals surface area contributed by atoms with Gasteiger partial charge in [-0.1, -0.05) is 6.92 Å². The van der Waals surface area contributed by atoms with Gasteiger partial charge in [-0.25, -0.2) is 14.4 Å². The number of nitrogens with zero attached hydrogens (tertiary/aromatic N) is 5. The van der Waals surface area contributed by atoms with Crippen molar-refractivity contribution in [2.45, 2.75) is 31.6 Å². The summed E-state index contributed by atoms with van der Waals surface area (Å²) in [5.41, 5.74) is 0.438. The number of halogens is 1. The molecule has 0 spiro atoms. The second-order valence-corrected chi connectivity index (χ2v) is 6.10. The molecule has 2 aromatic heterocycles. The normalized spacial score (nSPS) is 24.8. The van der Waals surface area contributed by atoms with Crippen LogP contribution in [0, 0.1) is 5.82 Å². The number of ether oxygens (including phenoxy) is 2. The molecule has 7 nitrogen and oxygen atoms in total. The van der Waals surface area contributed by atoms with Gasteiger partial charge in [-0.2, -0.15) is 5.10 Å². The second kappa shape index (κ2) is 6.45. The Morgan fingerprint density at radius 1 is 1.21 bits per heavy atom. The highest BCUT2D eigenvalue weighted by Gasteiger charge is 2.39. The molecule has 8 heteroatoms. The molecule has 0 N–H and O–H groups in total. The highest BCUT2D eigenvalue weighted by Crippen LogP contribution is 2.28. The van der Waals surface area contributed by atoms with E-state index in [1.165, 1.54) is 6.33 Å². The lowest BCUT2D eigenvalue weighted by Crippen LogP contribution is -2.27. The first-order valence-electron chi connectivity index (χ1n) is 8.23. The molecular formula is C16H20FN5O2. The van der Waals surface area contributed by atoms with Crippen molar-refractivity contribution in [3.05, 3.63) is 36.3 Å². The number of hydrogen-bond donors (Lipinski definition) is 0. The smallest absolute Gasteiger partial charge is 0.187 e. The van der Waals surface area contributed by atoms with E-state index < -0.39 is 0 Å². The van der Waals surface area contributed by atoms with Crippen molar-refractivity contribution in [3.63, 3.8) is 0 Å². The quantitative estimate of drug-likeness (QED) is 0.841. The van der Waals surface area contributed by atoms with Crippen LogP contribution in [-0.2, 0) is 15.9 Å². The molecule has 0 saturated carbocycles. The fourth-order valence-electron chi connectivity index (χ4n) is 3.27. The molecule has 0 aliphatic carbocycles. The van der Waals surface area contributed by atoms with Crippen LogP contribution in [0.2, 0.25) is 0 Å². The first-order chi connectivity index (χ1) is 11.8. The molecule has 2 aromatic rings. The molecule has 128 valence electrons. The van der Waals surface area contributed by atoms with Crippen molar-refractivity contribution < 1.29 is 13.9 Å². The molecule has 0 radical (unpaired) electrons. The summed E-state index contributed by atoms with van der Waals surface area (Å²) in [5.74, 6) is -0.00312. The van der Waals surface area contributed by atoms with Gasteiger partial charge in [0.15, 0.2) is 11.6 Å². The fraction of sp³-hybridized carbons (Fsp3) is 0.562. The zero-order chi connectivity index (χ0) is 16.5. The summed E-state index contributed by atoms with van der Waals surface area (Å²) in [4.78, 5) is 10.00. The zero-order valence-electron chi connectivity index (χ0n) is 13.5. The van der Waals surface area contributed by atoms with Crippen LogP contribution in [0.3, 0.4) is 0 Å². The van der Waals surface area contributed by atoms with Gasteiger partial charge in [-0.3, -0.25) is 4.68 Å². The number of fused-ring (bicyclic) bond motifs is 1. The zero-order valence-corrected chi connectivity index (χ0v) is 13.5. The summed E-state index contributed by atoms with van der Waals surface area (Å²) >= 11 is 0. The van der Waals surface area contributed by atoms with Crippen molar-refractivity contribution in [2.24, 2.45) is 0 Å². The van der Waals surface area contributed by atoms with E-state index in [1.54, 1.807) is 6.20 Å². The van der Waals surface area contributed by atoms with E-state index in [2.05, 4.69) is 15.1 Å². The van der Waals surface area contributed by atoms with E-state index in [4.69, 9.17) is 9.47 Å². The molecule has 4 heterocycles. The van der Waals surface area contributed by atoms with Gasteiger partial charge in [-0.05, 0) is 12.5 Å². The second-order valence-electron chi connectivity index (χ2n) is 6.10. The van der Waals surface area contributed by atoms with Gasteiger partial charge in [0.05, 0.1) is 24.9 Å². The maximum atomic E-state index is 14.5. The Bertz CT molecular complexity index is 680. The Labute approximate surface area is 139 Å². The van der Waals surface area contributed by atoms with Crippen molar-refractivity contribution in [1.29, 1.82) is 0 Å². The van der Waals surface area contributed by atoms with Crippen molar-refractivity contribution in [2.75, 3.05) is 31.2 Å². The van der Waals surface area contributed by atoms with E-state index in [0.29, 0.717) is 44.2 Å². The van der Waals surface area contributed by atoms with Gasteiger partial charge in [0.25, 0.3) is 0 Å². The predicted molar refractivity (Wildman–Crippen MR) is 84.3 cm³/mol. The summed E-state index contributed by atoms with van der Waals surface area (Å²) in [5, 5.41) is 4.25. The third-order valence-corrected chi connectivity index (χ3v) is 4.60. The molecule has 0 unspecified atom stereocenters. The van der Waals surface area contributed by atoms with Crippen molar-refractivity contribution in [1.82, 2.24) is 19.7 Å². The van der Waals surface area contributed by atoms with Gasteiger partial charge >= 0.3 is 0 Å². The lowest BCUT2D eigenvalue weighted by molar-refractivity contribution is -0.00461. The molecule has 24 heavy (non-hydrogen) atoms. The molecule has 0 amide bonds. The Morgan fingerprint density at radius 2 is 1.96 bits per heavy atom. The number of aromatic nitrogens is 4. The minimum atomic E-state index is -0.342. The molecule has 2 aliphatic heterocycles. The van der Waals surface area contributed by atoms with Gasteiger partial charge in [0.2, 0.25) is 0 Å². The fourth-order valence-corrected chi connectivity index (χ4v) is 3.27. The topological polar surface area (TPSA) is 65.3 Å². The van der Waals surface area contributed by atoms with Gasteiger partial charge in [0.1, 0.15) is 18.5 Å². The van der Waals surface area contributed by atoms with Crippen LogP contribution < -0.4 is 4.90 Å². The standard InChI is InChI=1S/C16H20FN5O2/c1-2-12-15(17)16(19-10-18-12)21-6-13-14(7-21)24-9-11(8-23-13)22-5-3-4-20-22/h3-5,10-11,13-14H,2,6-9H2,1H3/t13-,14-/m0/s1. The van der Waals surface area contributed by atoms with Crippen LogP contribution >= 0.6 is 0 Å². The minimum absolute atomic E-state index is 0.0709. The molecule has 0 bridgehead atoms. The largest absolute Gasteiger partial charge is 0.371 e. The van der Waals surface area contributed by atoms with E-state index in [1.807, 2.05) is 28.8 Å². The maximum Gasteiger partial charge on any atom is 0.187 e. The monoisotopic (exact) mass is 333 g/mol. The predicted octanol–water partition coefficient (Wildman–Crippen LogP) is 1.22. The van der Waals surface area contributed by atoms with E-state index in [9.17, 15) is 4.39 Å². The highest BCUT2D eigenvalue weighted by atomic mass is 19.1. The van der Waals surface area contributed by atoms with E-state index in [-0.39, 0.29) is 24.1 Å². The van der Waals surface area contributed by atoms with Crippen LogP contribution in [0.25, 0.3) is 0 Å². The third kappa shape index (κ3) is 2.76. The molecule has 2 aliphatic rings. The average Bonchev–Trinajstić information content (AvgIpc) is 3.22. The molecule has 2 fully saturated rings. The summed E-state index contributed by atoms with van der Waals surface area (Å²) in [6, 6.07) is 1.96. The van der Waals surface area contributed by atoms with Gasteiger partial charge in [-0.15, -0.1) is 0 Å². The molecule has 2 atom stereocenters. The van der Waals surface area contributed by atoms with Crippen LogP contribution in [0.1, 0.15) is 18.7 Å². The Hall–Kier alpha value is -2.06. The third-order valence-electron chi connectivity index (χ3n) is 4.60. The number of rotatable bonds is 3. The van der Waals surface area contributed by atoms with Crippen molar-refractivity contribution >= 4 is 5.82 Å². The summed E-state index contributed by atoms with van der Waals surface area (Å²) in [6.07, 6.45) is 5.43. The average molecular weight is 333 g/mol. The Morgan fingerprint density at radius 3 is 2.58 bits per heavy atom. The van der Waals surface area contributed by atoms with E-state index >= 15 is 0 Å². The Balaban J connectivity index is 1.47. The SMILES string of the molecule is CCc1ncnc(N2C[C@@H]3OCC(n4cccn4)CO[C@H]3C2)c1F.